The molecule has 9 heteroatoms. The molecule has 64 heavy (non-hydrogen) atoms. The normalized spacial score (nSPS) is 13.2. The summed E-state index contributed by atoms with van der Waals surface area (Å²) in [6.45, 7) is 4.77. The molecule has 0 radical (unpaired) electrons. The summed E-state index contributed by atoms with van der Waals surface area (Å²) < 4.78 is 22.8. The molecule has 2 atom stereocenters. The van der Waals surface area contributed by atoms with Gasteiger partial charge in [-0.15, -0.1) is 0 Å². The fraction of sp³-hybridized carbons (Fsp3) is 0.800. The van der Waals surface area contributed by atoms with Crippen LogP contribution in [0.3, 0.4) is 0 Å². The molecule has 0 aromatic carbocycles. The number of quaternary nitrogens is 1. The molecule has 0 aliphatic heterocycles. The van der Waals surface area contributed by atoms with Gasteiger partial charge >= 0.3 is 17.9 Å². The van der Waals surface area contributed by atoms with Crippen LogP contribution >= 0.6 is 0 Å². The number of carbonyl (C=O) groups is 3. The zero-order chi connectivity index (χ0) is 47.0. The first kappa shape index (κ1) is 61.2. The Morgan fingerprint density at radius 3 is 1.33 bits per heavy atom. The van der Waals surface area contributed by atoms with Crippen LogP contribution in [0.4, 0.5) is 0 Å². The van der Waals surface area contributed by atoms with Crippen LogP contribution in [0, 0.1) is 0 Å². The van der Waals surface area contributed by atoms with Gasteiger partial charge in [-0.05, 0) is 51.4 Å². The third kappa shape index (κ3) is 47.2. The maximum atomic E-state index is 12.8. The molecule has 0 saturated carbocycles. The number of nitrogens with zero attached hydrogens (tertiary/aromatic N) is 1. The fourth-order valence-corrected chi connectivity index (χ4v) is 7.30. The summed E-state index contributed by atoms with van der Waals surface area (Å²) in [4.78, 5) is 37.3. The fourth-order valence-electron chi connectivity index (χ4n) is 7.30. The Kier molecular flexibility index (Phi) is 44.8. The largest absolute Gasteiger partial charge is 0.477 e. The highest BCUT2D eigenvalue weighted by Gasteiger charge is 2.25. The molecule has 0 spiro atoms. The number of rotatable bonds is 48. The van der Waals surface area contributed by atoms with E-state index < -0.39 is 24.3 Å². The van der Waals surface area contributed by atoms with Crippen LogP contribution < -0.4 is 0 Å². The Morgan fingerprint density at radius 2 is 0.891 bits per heavy atom. The first-order chi connectivity index (χ1) is 31.1. The number of hydrogen-bond donors (Lipinski definition) is 1. The predicted molar refractivity (Wildman–Crippen MR) is 267 cm³/mol. The lowest BCUT2D eigenvalue weighted by atomic mass is 10.0. The summed E-state index contributed by atoms with van der Waals surface area (Å²) in [5.41, 5.74) is 0. The van der Waals surface area contributed by atoms with E-state index in [2.05, 4.69) is 62.5 Å². The van der Waals surface area contributed by atoms with E-state index in [4.69, 9.17) is 18.9 Å². The van der Waals surface area contributed by atoms with Gasteiger partial charge in [-0.3, -0.25) is 9.59 Å². The maximum Gasteiger partial charge on any atom is 0.361 e. The first-order valence-corrected chi connectivity index (χ1v) is 26.3. The lowest BCUT2D eigenvalue weighted by Crippen LogP contribution is -2.40. The van der Waals surface area contributed by atoms with E-state index in [1.807, 2.05) is 21.1 Å². The van der Waals surface area contributed by atoms with Gasteiger partial charge in [0.25, 0.3) is 6.29 Å². The second-order valence-electron chi connectivity index (χ2n) is 18.8. The van der Waals surface area contributed by atoms with E-state index in [1.165, 1.54) is 109 Å². The van der Waals surface area contributed by atoms with Crippen LogP contribution in [0.25, 0.3) is 0 Å². The summed E-state index contributed by atoms with van der Waals surface area (Å²) in [6, 6.07) is 0. The highest BCUT2D eigenvalue weighted by molar-refractivity contribution is 5.71. The van der Waals surface area contributed by atoms with Crippen molar-refractivity contribution in [1.29, 1.82) is 0 Å². The average molecular weight is 903 g/mol. The van der Waals surface area contributed by atoms with Crippen molar-refractivity contribution < 1.29 is 42.9 Å². The van der Waals surface area contributed by atoms with Crippen molar-refractivity contribution in [3.8, 4) is 0 Å². The quantitative estimate of drug-likeness (QED) is 0.0211. The molecule has 1 N–H and O–H groups in total. The third-order valence-electron chi connectivity index (χ3n) is 11.3. The Balaban J connectivity index is 4.33. The van der Waals surface area contributed by atoms with Crippen molar-refractivity contribution in [2.24, 2.45) is 0 Å². The second-order valence-corrected chi connectivity index (χ2v) is 18.8. The van der Waals surface area contributed by atoms with Gasteiger partial charge in [0.1, 0.15) is 13.2 Å². The molecule has 372 valence electrons. The minimum Gasteiger partial charge on any atom is -0.477 e. The number of hydrogen-bond acceptors (Lipinski definition) is 7. The first-order valence-electron chi connectivity index (χ1n) is 26.3. The van der Waals surface area contributed by atoms with Gasteiger partial charge < -0.3 is 28.5 Å². The molecule has 0 amide bonds. The van der Waals surface area contributed by atoms with Crippen LogP contribution in [0.15, 0.2) is 48.6 Å². The highest BCUT2D eigenvalue weighted by atomic mass is 16.7. The minimum atomic E-state index is -1.51. The number of esters is 2. The predicted octanol–water partition coefficient (Wildman–Crippen LogP) is 14.7. The van der Waals surface area contributed by atoms with Gasteiger partial charge in [0.05, 0.1) is 34.4 Å². The molecular weight excluding hydrogens is 803 g/mol. The molecule has 0 aliphatic carbocycles. The van der Waals surface area contributed by atoms with Gasteiger partial charge in [-0.25, -0.2) is 4.79 Å². The Labute approximate surface area is 393 Å². The van der Waals surface area contributed by atoms with E-state index in [-0.39, 0.29) is 32.2 Å². The van der Waals surface area contributed by atoms with Crippen LogP contribution in [-0.4, -0.2) is 87.4 Å². The summed E-state index contributed by atoms with van der Waals surface area (Å²) in [7, 11) is 5.96. The lowest BCUT2D eigenvalue weighted by Gasteiger charge is -2.25. The van der Waals surface area contributed by atoms with Crippen LogP contribution in [0.2, 0.25) is 0 Å². The van der Waals surface area contributed by atoms with Crippen LogP contribution in [-0.2, 0) is 33.3 Å². The number of carboxylic acids is 1. The summed E-state index contributed by atoms with van der Waals surface area (Å²) >= 11 is 0. The zero-order valence-corrected chi connectivity index (χ0v) is 42.2. The second kappa shape index (κ2) is 46.8. The highest BCUT2D eigenvalue weighted by Crippen LogP contribution is 2.16. The van der Waals surface area contributed by atoms with Gasteiger partial charge in [-0.2, -0.15) is 0 Å². The lowest BCUT2D eigenvalue weighted by molar-refractivity contribution is -0.870. The third-order valence-corrected chi connectivity index (χ3v) is 11.3. The number of likely N-dealkylation sites (N-methyl/N-ethyl adjacent to an activating group) is 1. The molecule has 0 saturated heterocycles. The van der Waals surface area contributed by atoms with Gasteiger partial charge in [0.15, 0.2) is 6.10 Å². The molecule has 9 nitrogen and oxygen atoms in total. The minimum absolute atomic E-state index is 0.184. The van der Waals surface area contributed by atoms with E-state index in [9.17, 15) is 19.5 Å². The maximum absolute atomic E-state index is 12.8. The van der Waals surface area contributed by atoms with Crippen molar-refractivity contribution in [2.45, 2.75) is 238 Å². The van der Waals surface area contributed by atoms with E-state index in [0.29, 0.717) is 23.9 Å². The van der Waals surface area contributed by atoms with Crippen molar-refractivity contribution in [2.75, 3.05) is 47.5 Å². The summed E-state index contributed by atoms with van der Waals surface area (Å²) in [5, 5.41) is 9.67. The van der Waals surface area contributed by atoms with E-state index >= 15 is 0 Å². The number of aliphatic carboxylic acids is 1. The smallest absolute Gasteiger partial charge is 0.361 e. The molecule has 0 fully saturated rings. The SMILES string of the molecule is CC/C=C\C/C=C\C/C=C\C/C=C\CCCCCCCCC(=O)OC(COC(=O)CCCCCCCCCCCCCCCCCCCCCC)COC(OCC[N+](C)(C)C)C(=O)O. The monoisotopic (exact) mass is 903 g/mol. The van der Waals surface area contributed by atoms with Crippen molar-refractivity contribution in [3.63, 3.8) is 0 Å². The van der Waals surface area contributed by atoms with Crippen molar-refractivity contribution in [1.82, 2.24) is 0 Å². The Bertz CT molecular complexity index is 1190. The van der Waals surface area contributed by atoms with E-state index in [0.717, 1.165) is 83.5 Å². The zero-order valence-electron chi connectivity index (χ0n) is 42.2. The average Bonchev–Trinajstić information content (AvgIpc) is 3.26. The molecule has 0 rings (SSSR count). The Hall–Kier alpha value is -2.75. The number of allylic oxidation sites excluding steroid dienone is 8. The number of ether oxygens (including phenoxy) is 4. The van der Waals surface area contributed by atoms with Crippen LogP contribution in [0.1, 0.15) is 226 Å². The topological polar surface area (TPSA) is 108 Å². The van der Waals surface area contributed by atoms with Crippen LogP contribution in [0.5, 0.6) is 0 Å². The molecule has 0 heterocycles. The molecular formula is C55H100NO8+. The van der Waals surface area contributed by atoms with Crippen molar-refractivity contribution >= 4 is 17.9 Å². The molecule has 0 bridgehead atoms. The van der Waals surface area contributed by atoms with Gasteiger partial charge in [0.2, 0.25) is 0 Å². The summed E-state index contributed by atoms with van der Waals surface area (Å²) in [6.07, 6.45) is 53.2. The number of unbranched alkanes of at least 4 members (excludes halogenated alkanes) is 25. The van der Waals surface area contributed by atoms with Gasteiger partial charge in [0, 0.05) is 12.8 Å². The number of carboxylic acid groups (broad SMARTS) is 1. The molecule has 0 aromatic heterocycles. The number of carbonyl (C=O) groups excluding carboxylic acids is 2. The molecule has 0 aromatic rings. The van der Waals surface area contributed by atoms with Gasteiger partial charge in [-0.1, -0.05) is 210 Å². The molecule has 2 unspecified atom stereocenters. The standard InChI is InChI=1S/C55H99NO8/c1-6-8-10-12-14-16-18-20-22-24-26-28-29-31-33-35-37-39-41-43-45-52(57)62-49-51(50-63-55(54(59)60)61-48-47-56(3,4)5)64-53(58)46-44-42-40-38-36-34-32-30-27-25-23-21-19-17-15-13-11-9-7-2/h9,11,15,17,21,23,27,30,51,55H,6-8,10,12-14,16,18-20,22,24-26,28-29,31-50H2,1-5H3/p+1/b11-9-,17-15-,23-21-,30-27-. The Morgan fingerprint density at radius 1 is 0.484 bits per heavy atom. The summed E-state index contributed by atoms with van der Waals surface area (Å²) in [5.74, 6) is -2.02. The molecule has 0 aliphatic rings. The van der Waals surface area contributed by atoms with Crippen molar-refractivity contribution in [3.05, 3.63) is 48.6 Å². The van der Waals surface area contributed by atoms with E-state index in [1.54, 1.807) is 0 Å².